The fourth-order valence-corrected chi connectivity index (χ4v) is 5.73. The fraction of sp³-hybridized carbons (Fsp3) is 0.500. The smallest absolute Gasteiger partial charge is 0.245 e. The van der Waals surface area contributed by atoms with E-state index in [4.69, 9.17) is 0 Å². The average molecular weight is 489 g/mol. The SMILES string of the molecule is CNC(C)C(=O)NC(C(=O)N1CCCC1c1cncc(-n2ncc3ccccc32)c1)C1CCCCC1. The molecule has 0 radical (unpaired) electrons. The number of hydrogen-bond acceptors (Lipinski definition) is 5. The molecule has 3 heterocycles. The minimum absolute atomic E-state index is 0.0380. The lowest BCUT2D eigenvalue weighted by atomic mass is 9.83. The van der Waals surface area contributed by atoms with Gasteiger partial charge in [-0.15, -0.1) is 0 Å². The maximum absolute atomic E-state index is 14.0. The summed E-state index contributed by atoms with van der Waals surface area (Å²) in [7, 11) is 1.76. The molecule has 2 N–H and O–H groups in total. The Hall–Kier alpha value is -3.26. The van der Waals surface area contributed by atoms with Crippen molar-refractivity contribution < 1.29 is 9.59 Å². The molecule has 8 heteroatoms. The van der Waals surface area contributed by atoms with Crippen molar-refractivity contribution in [1.29, 1.82) is 0 Å². The molecule has 3 unspecified atom stereocenters. The van der Waals surface area contributed by atoms with Crippen LogP contribution in [-0.2, 0) is 9.59 Å². The van der Waals surface area contributed by atoms with Crippen molar-refractivity contribution in [1.82, 2.24) is 30.3 Å². The van der Waals surface area contributed by atoms with Crippen molar-refractivity contribution in [3.8, 4) is 5.69 Å². The van der Waals surface area contributed by atoms with Gasteiger partial charge in [-0.3, -0.25) is 14.6 Å². The van der Waals surface area contributed by atoms with Crippen LogP contribution in [0.2, 0.25) is 0 Å². The predicted octanol–water partition coefficient (Wildman–Crippen LogP) is 3.76. The van der Waals surface area contributed by atoms with Crippen LogP contribution >= 0.6 is 0 Å². The van der Waals surface area contributed by atoms with Crippen LogP contribution in [0.4, 0.5) is 0 Å². The van der Waals surface area contributed by atoms with Crippen LogP contribution in [-0.4, -0.2) is 57.2 Å². The molecule has 190 valence electrons. The van der Waals surface area contributed by atoms with Gasteiger partial charge < -0.3 is 15.5 Å². The highest BCUT2D eigenvalue weighted by Gasteiger charge is 2.39. The summed E-state index contributed by atoms with van der Waals surface area (Å²) in [6.45, 7) is 2.52. The van der Waals surface area contributed by atoms with Crippen LogP contribution < -0.4 is 10.6 Å². The highest BCUT2D eigenvalue weighted by Crippen LogP contribution is 2.35. The minimum atomic E-state index is -0.486. The summed E-state index contributed by atoms with van der Waals surface area (Å²) in [6.07, 6.45) is 12.7. The molecule has 0 bridgehead atoms. The number of carbonyl (C=O) groups is 2. The predicted molar refractivity (Wildman–Crippen MR) is 140 cm³/mol. The summed E-state index contributed by atoms with van der Waals surface area (Å²) >= 11 is 0. The highest BCUT2D eigenvalue weighted by molar-refractivity contribution is 5.90. The molecule has 2 amide bonds. The summed E-state index contributed by atoms with van der Waals surface area (Å²) in [5.74, 6) is 0.0998. The first-order chi connectivity index (χ1) is 17.6. The quantitative estimate of drug-likeness (QED) is 0.528. The van der Waals surface area contributed by atoms with E-state index < -0.39 is 6.04 Å². The van der Waals surface area contributed by atoms with Gasteiger partial charge in [0.05, 0.1) is 35.7 Å². The van der Waals surface area contributed by atoms with Gasteiger partial charge in [-0.05, 0) is 63.3 Å². The number of likely N-dealkylation sites (N-methyl/N-ethyl adjacent to an activating group) is 1. The van der Waals surface area contributed by atoms with E-state index in [-0.39, 0.29) is 29.8 Å². The molecule has 1 aliphatic carbocycles. The minimum Gasteiger partial charge on any atom is -0.343 e. The summed E-state index contributed by atoms with van der Waals surface area (Å²) in [5, 5.41) is 11.8. The third-order valence-electron chi connectivity index (χ3n) is 7.90. The summed E-state index contributed by atoms with van der Waals surface area (Å²) in [5.41, 5.74) is 2.91. The van der Waals surface area contributed by atoms with Gasteiger partial charge in [0.15, 0.2) is 0 Å². The number of nitrogens with one attached hydrogen (secondary N) is 2. The second kappa shape index (κ2) is 10.8. The van der Waals surface area contributed by atoms with Crippen LogP contribution in [0.25, 0.3) is 16.6 Å². The molecule has 3 atom stereocenters. The van der Waals surface area contributed by atoms with E-state index >= 15 is 0 Å². The Labute approximate surface area is 212 Å². The third-order valence-corrected chi connectivity index (χ3v) is 7.90. The number of hydrogen-bond donors (Lipinski definition) is 2. The number of fused-ring (bicyclic) bond motifs is 1. The van der Waals surface area contributed by atoms with E-state index in [1.165, 1.54) is 6.42 Å². The van der Waals surface area contributed by atoms with Crippen LogP contribution in [0.1, 0.15) is 63.5 Å². The molecule has 2 fully saturated rings. The number of amides is 2. The Morgan fingerprint density at radius 3 is 2.64 bits per heavy atom. The Bertz CT molecular complexity index is 1220. The molecule has 5 rings (SSSR count). The zero-order valence-electron chi connectivity index (χ0n) is 21.2. The maximum Gasteiger partial charge on any atom is 0.245 e. The Morgan fingerprint density at radius 2 is 1.83 bits per heavy atom. The lowest BCUT2D eigenvalue weighted by molar-refractivity contribution is -0.139. The van der Waals surface area contributed by atoms with Gasteiger partial charge in [-0.25, -0.2) is 4.68 Å². The summed E-state index contributed by atoms with van der Waals surface area (Å²) in [4.78, 5) is 33.3. The lowest BCUT2D eigenvalue weighted by Crippen LogP contribution is -2.55. The largest absolute Gasteiger partial charge is 0.343 e. The molecule has 2 aromatic heterocycles. The van der Waals surface area contributed by atoms with E-state index in [9.17, 15) is 9.59 Å². The Balaban J connectivity index is 1.41. The number of aromatic nitrogens is 3. The lowest BCUT2D eigenvalue weighted by Gasteiger charge is -2.35. The molecular weight excluding hydrogens is 452 g/mol. The monoisotopic (exact) mass is 488 g/mol. The Kier molecular flexibility index (Phi) is 7.32. The van der Waals surface area contributed by atoms with E-state index in [0.29, 0.717) is 6.54 Å². The van der Waals surface area contributed by atoms with E-state index in [2.05, 4.69) is 26.8 Å². The van der Waals surface area contributed by atoms with Crippen molar-refractivity contribution >= 4 is 22.7 Å². The second-order valence-electron chi connectivity index (χ2n) is 10.2. The van der Waals surface area contributed by atoms with Gasteiger partial charge in [-0.1, -0.05) is 37.5 Å². The first-order valence-electron chi connectivity index (χ1n) is 13.2. The molecule has 1 saturated heterocycles. The zero-order chi connectivity index (χ0) is 25.1. The summed E-state index contributed by atoms with van der Waals surface area (Å²) in [6, 6.07) is 9.31. The van der Waals surface area contributed by atoms with Gasteiger partial charge >= 0.3 is 0 Å². The third kappa shape index (κ3) is 4.87. The summed E-state index contributed by atoms with van der Waals surface area (Å²) < 4.78 is 1.90. The van der Waals surface area contributed by atoms with Gasteiger partial charge in [0.2, 0.25) is 11.8 Å². The molecule has 2 aliphatic rings. The molecule has 8 nitrogen and oxygen atoms in total. The maximum atomic E-state index is 14.0. The van der Waals surface area contributed by atoms with E-state index in [1.54, 1.807) is 7.05 Å². The van der Waals surface area contributed by atoms with Gasteiger partial charge in [0.25, 0.3) is 0 Å². The van der Waals surface area contributed by atoms with Crippen molar-refractivity contribution in [2.24, 2.45) is 5.92 Å². The van der Waals surface area contributed by atoms with E-state index in [0.717, 1.165) is 60.7 Å². The van der Waals surface area contributed by atoms with Crippen molar-refractivity contribution in [2.45, 2.75) is 70.0 Å². The highest BCUT2D eigenvalue weighted by atomic mass is 16.2. The molecular formula is C28H36N6O2. The fourth-order valence-electron chi connectivity index (χ4n) is 5.73. The number of para-hydroxylation sites is 1. The van der Waals surface area contributed by atoms with Gasteiger partial charge in [0.1, 0.15) is 6.04 Å². The normalized spacial score (nSPS) is 20.4. The average Bonchev–Trinajstić information content (AvgIpc) is 3.59. The molecule has 0 spiro atoms. The van der Waals surface area contributed by atoms with E-state index in [1.807, 2.05) is 59.4 Å². The van der Waals surface area contributed by atoms with Crippen LogP contribution in [0.5, 0.6) is 0 Å². The van der Waals surface area contributed by atoms with Crippen LogP contribution in [0, 0.1) is 5.92 Å². The number of benzene rings is 1. The topological polar surface area (TPSA) is 92.2 Å². The molecule has 1 aromatic carbocycles. The number of carbonyl (C=O) groups excluding carboxylic acids is 2. The van der Waals surface area contributed by atoms with Crippen molar-refractivity contribution in [3.05, 3.63) is 54.5 Å². The molecule has 3 aromatic rings. The zero-order valence-corrected chi connectivity index (χ0v) is 21.2. The standard InChI is InChI=1S/C28H36N6O2/c1-19(29-2)27(35)32-26(20-9-4-3-5-10-20)28(36)33-14-8-13-24(33)22-15-23(18-30-16-22)34-25-12-7-6-11-21(25)17-31-34/h6-7,11-12,15-20,24,26,29H,3-5,8-10,13-14H2,1-2H3,(H,32,35). The van der Waals surface area contributed by atoms with Crippen molar-refractivity contribution in [3.63, 3.8) is 0 Å². The number of likely N-dealkylation sites (tertiary alicyclic amines) is 1. The van der Waals surface area contributed by atoms with Crippen LogP contribution in [0.3, 0.4) is 0 Å². The first kappa shape index (κ1) is 24.4. The molecule has 1 saturated carbocycles. The van der Waals surface area contributed by atoms with Gasteiger partial charge in [-0.2, -0.15) is 5.10 Å². The second-order valence-corrected chi connectivity index (χ2v) is 10.2. The number of nitrogens with zero attached hydrogens (tertiary/aromatic N) is 4. The van der Waals surface area contributed by atoms with Gasteiger partial charge in [0, 0.05) is 18.1 Å². The number of rotatable bonds is 7. The number of pyridine rings is 1. The van der Waals surface area contributed by atoms with Crippen LogP contribution in [0.15, 0.2) is 48.9 Å². The first-order valence-corrected chi connectivity index (χ1v) is 13.2. The molecule has 1 aliphatic heterocycles. The van der Waals surface area contributed by atoms with Crippen molar-refractivity contribution in [2.75, 3.05) is 13.6 Å². The Morgan fingerprint density at radius 1 is 1.03 bits per heavy atom. The molecule has 36 heavy (non-hydrogen) atoms.